The van der Waals surface area contributed by atoms with Gasteiger partial charge >= 0.3 is 11.9 Å². The maximum Gasteiger partial charge on any atom is 0.331 e. The predicted octanol–water partition coefficient (Wildman–Crippen LogP) is 0.617. The second-order valence-electron chi connectivity index (χ2n) is 2.48. The van der Waals surface area contributed by atoms with Crippen LogP contribution in [0.4, 0.5) is 0 Å². The number of hydrogen-bond acceptors (Lipinski definition) is 3. The van der Waals surface area contributed by atoms with Crippen molar-refractivity contribution in [2.45, 2.75) is 12.8 Å². The van der Waals surface area contributed by atoms with Crippen LogP contribution >= 0.6 is 0 Å². The highest BCUT2D eigenvalue weighted by Gasteiger charge is 2.10. The lowest BCUT2D eigenvalue weighted by Crippen LogP contribution is -2.06. The zero-order valence-electron chi connectivity index (χ0n) is 7.40. The molecule has 0 rings (SSSR count). The van der Waals surface area contributed by atoms with E-state index in [1.807, 2.05) is 0 Å². The zero-order valence-corrected chi connectivity index (χ0v) is 7.40. The van der Waals surface area contributed by atoms with Gasteiger partial charge in [-0.1, -0.05) is 6.58 Å². The summed E-state index contributed by atoms with van der Waals surface area (Å²) in [6.45, 7) is 3.21. The fraction of sp³-hybridized carbons (Fsp3) is 0.222. The number of hydrogen-bond donors (Lipinski definition) is 2. The highest BCUT2D eigenvalue weighted by Crippen LogP contribution is 2.06. The number of carbonyl (C=O) groups excluding carboxylic acids is 1. The Morgan fingerprint density at radius 2 is 1.71 bits per heavy atom. The molecule has 0 fully saturated rings. The number of aliphatic carboxylic acids is 2. The second kappa shape index (κ2) is 5.69. The van der Waals surface area contributed by atoms with E-state index in [4.69, 9.17) is 10.2 Å². The van der Waals surface area contributed by atoms with Crippen LogP contribution in [-0.4, -0.2) is 27.9 Å². The van der Waals surface area contributed by atoms with Crippen LogP contribution in [0.2, 0.25) is 0 Å². The maximum absolute atomic E-state index is 10.7. The molecule has 0 radical (unpaired) electrons. The van der Waals surface area contributed by atoms with Gasteiger partial charge < -0.3 is 10.2 Å². The fourth-order valence-electron chi connectivity index (χ4n) is 0.750. The molecule has 0 aliphatic heterocycles. The van der Waals surface area contributed by atoms with Crippen LogP contribution in [0.1, 0.15) is 12.8 Å². The highest BCUT2D eigenvalue weighted by atomic mass is 16.4. The summed E-state index contributed by atoms with van der Waals surface area (Å²) in [4.78, 5) is 31.4. The van der Waals surface area contributed by atoms with E-state index in [1.54, 1.807) is 0 Å². The van der Waals surface area contributed by atoms with Crippen molar-refractivity contribution in [2.24, 2.45) is 0 Å². The molecule has 0 aliphatic rings. The van der Waals surface area contributed by atoms with E-state index in [0.29, 0.717) is 6.08 Å². The first-order valence-electron chi connectivity index (χ1n) is 3.79. The summed E-state index contributed by atoms with van der Waals surface area (Å²) in [6, 6.07) is 0. The van der Waals surface area contributed by atoms with Crippen molar-refractivity contribution in [3.8, 4) is 0 Å². The third kappa shape index (κ3) is 4.87. The molecule has 0 aliphatic carbocycles. The third-order valence-electron chi connectivity index (χ3n) is 1.44. The largest absolute Gasteiger partial charge is 0.478 e. The van der Waals surface area contributed by atoms with Gasteiger partial charge in [0.1, 0.15) is 0 Å². The van der Waals surface area contributed by atoms with Gasteiger partial charge in [-0.05, 0) is 12.5 Å². The Labute approximate surface area is 80.4 Å². The molecule has 0 amide bonds. The van der Waals surface area contributed by atoms with Gasteiger partial charge in [0.05, 0.1) is 0 Å². The minimum atomic E-state index is -1.34. The van der Waals surface area contributed by atoms with Gasteiger partial charge in [0.15, 0.2) is 5.78 Å². The lowest BCUT2D eigenvalue weighted by molar-refractivity contribution is -0.135. The smallest absolute Gasteiger partial charge is 0.331 e. The number of carboxylic acids is 2. The molecule has 76 valence electrons. The van der Waals surface area contributed by atoms with Crippen molar-refractivity contribution in [3.05, 3.63) is 24.3 Å². The lowest BCUT2D eigenvalue weighted by atomic mass is 10.1. The maximum atomic E-state index is 10.7. The van der Waals surface area contributed by atoms with Crippen LogP contribution in [0.15, 0.2) is 24.3 Å². The average Bonchev–Trinajstić information content (AvgIpc) is 2.10. The minimum absolute atomic E-state index is 0.0467. The molecule has 0 spiro atoms. The van der Waals surface area contributed by atoms with Gasteiger partial charge in [-0.15, -0.1) is 0 Å². The number of allylic oxidation sites excluding steroid dienone is 1. The van der Waals surface area contributed by atoms with Crippen LogP contribution in [-0.2, 0) is 14.4 Å². The molecule has 0 aromatic heterocycles. The Hall–Kier alpha value is -1.91. The van der Waals surface area contributed by atoms with Crippen LogP contribution in [0.25, 0.3) is 0 Å². The molecule has 0 saturated carbocycles. The SMILES string of the molecule is C=CC(=O)CCC(=CC(=O)O)C(=O)O. The summed E-state index contributed by atoms with van der Waals surface area (Å²) in [7, 11) is 0. The lowest BCUT2D eigenvalue weighted by Gasteiger charge is -1.98. The van der Waals surface area contributed by atoms with Crippen LogP contribution in [0.3, 0.4) is 0 Å². The van der Waals surface area contributed by atoms with Crippen molar-refractivity contribution >= 4 is 17.7 Å². The summed E-state index contributed by atoms with van der Waals surface area (Å²) in [5.41, 5.74) is -0.298. The van der Waals surface area contributed by atoms with E-state index in [9.17, 15) is 14.4 Å². The van der Waals surface area contributed by atoms with E-state index in [0.717, 1.165) is 6.08 Å². The highest BCUT2D eigenvalue weighted by molar-refractivity contribution is 5.96. The van der Waals surface area contributed by atoms with Crippen molar-refractivity contribution in [1.82, 2.24) is 0 Å². The fourth-order valence-corrected chi connectivity index (χ4v) is 0.750. The van der Waals surface area contributed by atoms with Crippen molar-refractivity contribution in [1.29, 1.82) is 0 Å². The topological polar surface area (TPSA) is 91.7 Å². The first-order valence-corrected chi connectivity index (χ1v) is 3.79. The quantitative estimate of drug-likeness (QED) is 0.610. The Bertz CT molecular complexity index is 300. The molecule has 0 bridgehead atoms. The summed E-state index contributed by atoms with van der Waals surface area (Å²) >= 11 is 0. The normalized spacial score (nSPS) is 10.7. The van der Waals surface area contributed by atoms with Crippen LogP contribution in [0.5, 0.6) is 0 Å². The van der Waals surface area contributed by atoms with E-state index in [2.05, 4.69) is 6.58 Å². The van der Waals surface area contributed by atoms with Crippen molar-refractivity contribution in [3.63, 3.8) is 0 Å². The molecule has 0 heterocycles. The molecule has 2 N–H and O–H groups in total. The second-order valence-corrected chi connectivity index (χ2v) is 2.48. The monoisotopic (exact) mass is 198 g/mol. The molecule has 0 atom stereocenters. The average molecular weight is 198 g/mol. The van der Waals surface area contributed by atoms with Crippen molar-refractivity contribution in [2.75, 3.05) is 0 Å². The standard InChI is InChI=1S/C9H10O5/c1-2-7(10)4-3-6(9(13)14)5-8(11)12/h2,5H,1,3-4H2,(H,11,12)(H,13,14). The third-order valence-corrected chi connectivity index (χ3v) is 1.44. The van der Waals surface area contributed by atoms with E-state index in [1.165, 1.54) is 0 Å². The van der Waals surface area contributed by atoms with Gasteiger partial charge in [-0.2, -0.15) is 0 Å². The van der Waals surface area contributed by atoms with Crippen LogP contribution in [0, 0.1) is 0 Å². The van der Waals surface area contributed by atoms with E-state index < -0.39 is 11.9 Å². The Morgan fingerprint density at radius 3 is 2.07 bits per heavy atom. The number of carboxylic acid groups (broad SMARTS) is 2. The zero-order chi connectivity index (χ0) is 11.1. The molecular weight excluding hydrogens is 188 g/mol. The molecule has 5 heteroatoms. The summed E-state index contributed by atoms with van der Waals surface area (Å²) in [6.07, 6.45) is 1.50. The van der Waals surface area contributed by atoms with Crippen molar-refractivity contribution < 1.29 is 24.6 Å². The van der Waals surface area contributed by atoms with Gasteiger partial charge in [0.25, 0.3) is 0 Å². The molecule has 0 aromatic carbocycles. The Kier molecular flexibility index (Phi) is 4.91. The van der Waals surface area contributed by atoms with Gasteiger partial charge in [-0.3, -0.25) is 4.79 Å². The number of rotatable bonds is 6. The molecule has 0 aromatic rings. The van der Waals surface area contributed by atoms with Crippen LogP contribution < -0.4 is 0 Å². The van der Waals surface area contributed by atoms with Gasteiger partial charge in [-0.25, -0.2) is 9.59 Å². The van der Waals surface area contributed by atoms with E-state index >= 15 is 0 Å². The summed E-state index contributed by atoms with van der Waals surface area (Å²) in [5.74, 6) is -2.99. The molecule has 0 unspecified atom stereocenters. The first-order chi connectivity index (χ1) is 6.47. The minimum Gasteiger partial charge on any atom is -0.478 e. The Morgan fingerprint density at radius 1 is 1.14 bits per heavy atom. The number of ketones is 1. The summed E-state index contributed by atoms with van der Waals surface area (Å²) < 4.78 is 0. The van der Waals surface area contributed by atoms with Gasteiger partial charge in [0, 0.05) is 18.1 Å². The molecule has 14 heavy (non-hydrogen) atoms. The van der Waals surface area contributed by atoms with Gasteiger partial charge in [0.2, 0.25) is 0 Å². The Balaban J connectivity index is 4.40. The first kappa shape index (κ1) is 12.1. The molecular formula is C9H10O5. The molecule has 5 nitrogen and oxygen atoms in total. The number of carbonyl (C=O) groups is 3. The summed E-state index contributed by atoms with van der Waals surface area (Å²) in [5, 5.41) is 16.8. The predicted molar refractivity (Wildman–Crippen MR) is 47.8 cm³/mol. The molecule has 0 saturated heterocycles. The van der Waals surface area contributed by atoms with E-state index in [-0.39, 0.29) is 24.2 Å².